The maximum atomic E-state index is 13.0. The Morgan fingerprint density at radius 2 is 1.77 bits per heavy atom. The van der Waals surface area contributed by atoms with Gasteiger partial charge in [-0.2, -0.15) is 8.78 Å². The van der Waals surface area contributed by atoms with Gasteiger partial charge in [0.25, 0.3) is 5.91 Å². The maximum Gasteiger partial charge on any atom is 0.387 e. The Kier molecular flexibility index (Phi) is 6.14. The van der Waals surface area contributed by atoms with Crippen molar-refractivity contribution in [2.45, 2.75) is 57.5 Å². The van der Waals surface area contributed by atoms with E-state index < -0.39 is 12.2 Å². The zero-order valence-corrected chi connectivity index (χ0v) is 17.7. The molecule has 2 aromatic rings. The van der Waals surface area contributed by atoms with Crippen molar-refractivity contribution >= 4 is 5.91 Å². The van der Waals surface area contributed by atoms with Gasteiger partial charge < -0.3 is 19.1 Å². The number of para-hydroxylation sites is 2. The van der Waals surface area contributed by atoms with Gasteiger partial charge in [0.1, 0.15) is 17.1 Å². The number of ether oxygens (including phenoxy) is 3. The highest BCUT2D eigenvalue weighted by atomic mass is 19.3. The van der Waals surface area contributed by atoms with Crippen LogP contribution in [0.1, 0.15) is 55.1 Å². The number of amides is 1. The van der Waals surface area contributed by atoms with E-state index in [0.29, 0.717) is 25.9 Å². The number of alkyl halides is 2. The lowest BCUT2D eigenvalue weighted by Crippen LogP contribution is -2.52. The normalized spacial score (nSPS) is 19.9. The summed E-state index contributed by atoms with van der Waals surface area (Å²) in [6.45, 7) is 2.00. The van der Waals surface area contributed by atoms with Gasteiger partial charge in [0.2, 0.25) is 0 Å². The van der Waals surface area contributed by atoms with Crippen LogP contribution in [-0.2, 0) is 4.74 Å². The number of rotatable bonds is 5. The van der Waals surface area contributed by atoms with E-state index in [0.717, 1.165) is 17.7 Å². The van der Waals surface area contributed by atoms with E-state index in [1.807, 2.05) is 38.1 Å². The van der Waals surface area contributed by atoms with Gasteiger partial charge in [0.15, 0.2) is 0 Å². The maximum absolute atomic E-state index is 13.0. The van der Waals surface area contributed by atoms with E-state index in [1.165, 1.54) is 12.1 Å². The van der Waals surface area contributed by atoms with Gasteiger partial charge in [-0.25, -0.2) is 0 Å². The molecule has 1 atom stereocenters. The molecule has 0 N–H and O–H groups in total. The molecule has 7 heteroatoms. The molecule has 2 aromatic carbocycles. The van der Waals surface area contributed by atoms with Crippen LogP contribution in [0.2, 0.25) is 0 Å². The van der Waals surface area contributed by atoms with Gasteiger partial charge in [0, 0.05) is 37.9 Å². The Morgan fingerprint density at radius 3 is 2.48 bits per heavy atom. The van der Waals surface area contributed by atoms with Crippen LogP contribution in [0.4, 0.5) is 8.78 Å². The summed E-state index contributed by atoms with van der Waals surface area (Å²) in [7, 11) is 0. The topological polar surface area (TPSA) is 48.0 Å². The van der Waals surface area contributed by atoms with Crippen molar-refractivity contribution in [3.05, 3.63) is 59.7 Å². The van der Waals surface area contributed by atoms with Crippen molar-refractivity contribution in [1.82, 2.24) is 4.90 Å². The lowest BCUT2D eigenvalue weighted by molar-refractivity contribution is -0.0872. The molecule has 0 radical (unpaired) electrons. The fraction of sp³-hybridized carbons (Fsp3) is 0.458. The molecule has 31 heavy (non-hydrogen) atoms. The first-order valence-corrected chi connectivity index (χ1v) is 10.6. The van der Waals surface area contributed by atoms with Crippen LogP contribution >= 0.6 is 0 Å². The van der Waals surface area contributed by atoms with E-state index in [4.69, 9.17) is 9.47 Å². The van der Waals surface area contributed by atoms with Crippen molar-refractivity contribution in [1.29, 1.82) is 0 Å². The number of hydrogen-bond donors (Lipinski definition) is 0. The van der Waals surface area contributed by atoms with Crippen LogP contribution in [0.5, 0.6) is 11.5 Å². The van der Waals surface area contributed by atoms with Gasteiger partial charge in [-0.3, -0.25) is 4.79 Å². The highest BCUT2D eigenvalue weighted by molar-refractivity contribution is 5.97. The minimum atomic E-state index is -2.98. The summed E-state index contributed by atoms with van der Waals surface area (Å²) in [5.41, 5.74) is 0.789. The van der Waals surface area contributed by atoms with E-state index in [2.05, 4.69) is 4.74 Å². The third-order valence-corrected chi connectivity index (χ3v) is 5.88. The molecule has 0 bridgehead atoms. The van der Waals surface area contributed by atoms with Crippen LogP contribution in [0.15, 0.2) is 48.5 Å². The Labute approximate surface area is 180 Å². The molecule has 5 nitrogen and oxygen atoms in total. The Hall–Kier alpha value is -2.67. The fourth-order valence-electron chi connectivity index (χ4n) is 4.45. The lowest BCUT2D eigenvalue weighted by Gasteiger charge is -2.47. The Bertz CT molecular complexity index is 925. The van der Waals surface area contributed by atoms with Crippen LogP contribution in [0, 0.1) is 0 Å². The monoisotopic (exact) mass is 431 g/mol. The number of likely N-dealkylation sites (tertiary alicyclic amines) is 1. The largest absolute Gasteiger partial charge is 0.487 e. The SMILES string of the molecule is CC(C)OC1CC2(CCN(C(=O)c3ccccc3OC(F)F)CC2)Oc2ccccc21. The first kappa shape index (κ1) is 21.6. The van der Waals surface area contributed by atoms with Crippen molar-refractivity contribution in [3.63, 3.8) is 0 Å². The van der Waals surface area contributed by atoms with Gasteiger partial charge in [-0.1, -0.05) is 30.3 Å². The summed E-state index contributed by atoms with van der Waals surface area (Å²) in [5.74, 6) is 0.420. The van der Waals surface area contributed by atoms with E-state index in [9.17, 15) is 13.6 Å². The second-order valence-electron chi connectivity index (χ2n) is 8.37. The molecule has 1 spiro atoms. The van der Waals surface area contributed by atoms with Crippen molar-refractivity contribution in [3.8, 4) is 11.5 Å². The quantitative estimate of drug-likeness (QED) is 0.652. The first-order valence-electron chi connectivity index (χ1n) is 10.6. The molecule has 0 saturated carbocycles. The predicted octanol–water partition coefficient (Wildman–Crippen LogP) is 5.21. The number of halogens is 2. The highest BCUT2D eigenvalue weighted by Gasteiger charge is 2.44. The minimum absolute atomic E-state index is 0.0626. The number of carbonyl (C=O) groups is 1. The average molecular weight is 431 g/mol. The standard InChI is InChI=1S/C24H27F2NO4/c1-16(2)29-21-15-24(31-20-10-6-3-7-17(20)21)11-13-27(14-12-24)22(28)18-8-4-5-9-19(18)30-23(25)26/h3-10,16,21,23H,11-15H2,1-2H3. The predicted molar refractivity (Wildman–Crippen MR) is 112 cm³/mol. The zero-order valence-electron chi connectivity index (χ0n) is 17.7. The second-order valence-corrected chi connectivity index (χ2v) is 8.37. The van der Waals surface area contributed by atoms with Crippen LogP contribution < -0.4 is 9.47 Å². The van der Waals surface area contributed by atoms with Gasteiger partial charge in [0.05, 0.1) is 17.8 Å². The van der Waals surface area contributed by atoms with E-state index >= 15 is 0 Å². The summed E-state index contributed by atoms with van der Waals surface area (Å²) in [6, 6.07) is 14.0. The molecule has 2 aliphatic heterocycles. The summed E-state index contributed by atoms with van der Waals surface area (Å²) < 4.78 is 42.6. The molecule has 2 aliphatic rings. The summed E-state index contributed by atoms with van der Waals surface area (Å²) >= 11 is 0. The molecule has 1 amide bonds. The molecule has 2 heterocycles. The van der Waals surface area contributed by atoms with E-state index in [1.54, 1.807) is 17.0 Å². The number of carbonyl (C=O) groups excluding carboxylic acids is 1. The Balaban J connectivity index is 1.49. The van der Waals surface area contributed by atoms with Crippen LogP contribution in [0.25, 0.3) is 0 Å². The summed E-state index contributed by atoms with van der Waals surface area (Å²) in [6.07, 6.45) is 2.02. The molecule has 1 fully saturated rings. The van der Waals surface area contributed by atoms with Gasteiger partial charge in [-0.05, 0) is 32.0 Å². The summed E-state index contributed by atoms with van der Waals surface area (Å²) in [4.78, 5) is 14.7. The molecular weight excluding hydrogens is 404 g/mol. The Morgan fingerprint density at radius 1 is 1.10 bits per heavy atom. The molecule has 1 saturated heterocycles. The molecule has 4 rings (SSSR count). The fourth-order valence-corrected chi connectivity index (χ4v) is 4.45. The molecule has 1 unspecified atom stereocenters. The zero-order chi connectivity index (χ0) is 22.0. The summed E-state index contributed by atoms with van der Waals surface area (Å²) in [5, 5.41) is 0. The van der Waals surface area contributed by atoms with Crippen molar-refractivity contribution in [2.75, 3.05) is 13.1 Å². The third kappa shape index (κ3) is 4.66. The van der Waals surface area contributed by atoms with Crippen molar-refractivity contribution < 1.29 is 27.8 Å². The third-order valence-electron chi connectivity index (χ3n) is 5.88. The van der Waals surface area contributed by atoms with Gasteiger partial charge >= 0.3 is 6.61 Å². The van der Waals surface area contributed by atoms with Crippen molar-refractivity contribution in [2.24, 2.45) is 0 Å². The first-order chi connectivity index (χ1) is 14.9. The highest BCUT2D eigenvalue weighted by Crippen LogP contribution is 2.46. The van der Waals surface area contributed by atoms with Gasteiger partial charge in [-0.15, -0.1) is 0 Å². The molecule has 0 aromatic heterocycles. The lowest BCUT2D eigenvalue weighted by atomic mass is 9.81. The van der Waals surface area contributed by atoms with Crippen LogP contribution in [0.3, 0.4) is 0 Å². The number of benzene rings is 2. The van der Waals surface area contributed by atoms with Crippen LogP contribution in [-0.4, -0.2) is 42.2 Å². The molecular formula is C24H27F2NO4. The second kappa shape index (κ2) is 8.83. The molecule has 166 valence electrons. The van der Waals surface area contributed by atoms with E-state index in [-0.39, 0.29) is 29.4 Å². The number of nitrogens with zero attached hydrogens (tertiary/aromatic N) is 1. The minimum Gasteiger partial charge on any atom is -0.487 e. The number of piperidine rings is 1. The average Bonchev–Trinajstić information content (AvgIpc) is 2.73. The number of hydrogen-bond acceptors (Lipinski definition) is 4. The smallest absolute Gasteiger partial charge is 0.387 e. The molecule has 0 aliphatic carbocycles. The number of fused-ring (bicyclic) bond motifs is 1.